The number of nitrogens with one attached hydrogen (secondary N) is 1. The fourth-order valence-corrected chi connectivity index (χ4v) is 3.39. The summed E-state index contributed by atoms with van der Waals surface area (Å²) in [5.74, 6) is 1.21. The van der Waals surface area contributed by atoms with Crippen LogP contribution in [0.2, 0.25) is 5.02 Å². The number of ether oxygens (including phenoxy) is 2. The number of morpholine rings is 1. The molecule has 7 heteroatoms. The number of nitrogens with two attached hydrogens (primary N) is 1. The van der Waals surface area contributed by atoms with Crippen LogP contribution in [-0.4, -0.2) is 49.8 Å². The molecule has 6 nitrogen and oxygen atoms in total. The van der Waals surface area contributed by atoms with Gasteiger partial charge in [0, 0.05) is 23.8 Å². The molecule has 1 saturated heterocycles. The fourth-order valence-electron chi connectivity index (χ4n) is 3.27. The van der Waals surface area contributed by atoms with Gasteiger partial charge in [-0.25, -0.2) is 0 Å². The average molecular weight is 417 g/mol. The van der Waals surface area contributed by atoms with Crippen molar-refractivity contribution in [1.29, 1.82) is 0 Å². The predicted molar refractivity (Wildman–Crippen MR) is 119 cm³/mol. The molecule has 3 N–H and O–H groups in total. The Hall–Kier alpha value is -2.28. The van der Waals surface area contributed by atoms with Gasteiger partial charge in [-0.15, -0.1) is 0 Å². The van der Waals surface area contributed by atoms with Crippen molar-refractivity contribution in [3.05, 3.63) is 59.1 Å². The summed E-state index contributed by atoms with van der Waals surface area (Å²) in [6, 6.07) is 15.7. The van der Waals surface area contributed by atoms with E-state index in [1.807, 2.05) is 50.2 Å². The maximum absolute atomic E-state index is 6.15. The first-order valence-electron chi connectivity index (χ1n) is 9.92. The lowest BCUT2D eigenvalue weighted by atomic mass is 10.0. The number of guanidine groups is 1. The van der Waals surface area contributed by atoms with Crippen molar-refractivity contribution in [2.24, 2.45) is 10.7 Å². The highest BCUT2D eigenvalue weighted by Gasteiger charge is 2.22. The molecule has 0 amide bonds. The van der Waals surface area contributed by atoms with Crippen LogP contribution in [0, 0.1) is 0 Å². The van der Waals surface area contributed by atoms with Crippen LogP contribution in [0.4, 0.5) is 5.69 Å². The summed E-state index contributed by atoms with van der Waals surface area (Å²) in [6.07, 6.45) is 0.144. The lowest BCUT2D eigenvalue weighted by Crippen LogP contribution is -2.40. The fraction of sp³-hybridized carbons (Fsp3) is 0.409. The molecule has 156 valence electrons. The first-order chi connectivity index (χ1) is 14.0. The highest BCUT2D eigenvalue weighted by molar-refractivity contribution is 6.30. The quantitative estimate of drug-likeness (QED) is 0.528. The summed E-state index contributed by atoms with van der Waals surface area (Å²) in [4.78, 5) is 6.98. The van der Waals surface area contributed by atoms with E-state index in [-0.39, 0.29) is 12.1 Å². The van der Waals surface area contributed by atoms with E-state index in [9.17, 15) is 0 Å². The maximum atomic E-state index is 6.15. The van der Waals surface area contributed by atoms with E-state index in [4.69, 9.17) is 26.8 Å². The Balaban J connectivity index is 1.66. The van der Waals surface area contributed by atoms with Crippen LogP contribution in [0.15, 0.2) is 53.5 Å². The Bertz CT molecular complexity index is 787. The summed E-state index contributed by atoms with van der Waals surface area (Å²) < 4.78 is 11.2. The summed E-state index contributed by atoms with van der Waals surface area (Å²) >= 11 is 6.06. The largest absolute Gasteiger partial charge is 0.491 e. The Morgan fingerprint density at radius 2 is 1.79 bits per heavy atom. The minimum Gasteiger partial charge on any atom is -0.491 e. The van der Waals surface area contributed by atoms with Crippen LogP contribution in [0.1, 0.15) is 25.5 Å². The van der Waals surface area contributed by atoms with Gasteiger partial charge in [0.25, 0.3) is 0 Å². The Labute approximate surface area is 177 Å². The molecule has 2 aromatic carbocycles. The molecule has 1 heterocycles. The molecule has 0 radical (unpaired) electrons. The first kappa shape index (κ1) is 21.4. The Morgan fingerprint density at radius 3 is 2.41 bits per heavy atom. The molecule has 1 atom stereocenters. The highest BCUT2D eigenvalue weighted by atomic mass is 35.5. The van der Waals surface area contributed by atoms with Crippen molar-refractivity contribution >= 4 is 23.2 Å². The Morgan fingerprint density at radius 1 is 1.14 bits per heavy atom. The number of aliphatic imine (C=N–C) groups is 1. The van der Waals surface area contributed by atoms with E-state index in [1.54, 1.807) is 0 Å². The number of hydrogen-bond donors (Lipinski definition) is 2. The monoisotopic (exact) mass is 416 g/mol. The van der Waals surface area contributed by atoms with Crippen LogP contribution < -0.4 is 15.8 Å². The van der Waals surface area contributed by atoms with Gasteiger partial charge < -0.3 is 20.5 Å². The van der Waals surface area contributed by atoms with Crippen LogP contribution >= 0.6 is 11.6 Å². The molecule has 2 aromatic rings. The van der Waals surface area contributed by atoms with Crippen LogP contribution in [0.5, 0.6) is 5.75 Å². The van der Waals surface area contributed by atoms with Gasteiger partial charge in [-0.1, -0.05) is 23.7 Å². The predicted octanol–water partition coefficient (Wildman–Crippen LogP) is 3.93. The molecule has 1 fully saturated rings. The van der Waals surface area contributed by atoms with E-state index >= 15 is 0 Å². The summed E-state index contributed by atoms with van der Waals surface area (Å²) in [7, 11) is 0. The second-order valence-corrected chi connectivity index (χ2v) is 7.69. The van der Waals surface area contributed by atoms with Gasteiger partial charge in [0.15, 0.2) is 5.96 Å². The lowest BCUT2D eigenvalue weighted by molar-refractivity contribution is 0.0180. The molecule has 1 aliphatic rings. The van der Waals surface area contributed by atoms with Crippen molar-refractivity contribution in [2.45, 2.75) is 26.0 Å². The minimum absolute atomic E-state index is 0.123. The van der Waals surface area contributed by atoms with Crippen LogP contribution in [0.3, 0.4) is 0 Å². The second-order valence-electron chi connectivity index (χ2n) is 7.26. The zero-order valence-electron chi connectivity index (χ0n) is 17.0. The van der Waals surface area contributed by atoms with E-state index in [0.29, 0.717) is 12.5 Å². The number of rotatable bonds is 7. The van der Waals surface area contributed by atoms with Gasteiger partial charge in [-0.05, 0) is 55.8 Å². The summed E-state index contributed by atoms with van der Waals surface area (Å²) in [5.41, 5.74) is 8.19. The van der Waals surface area contributed by atoms with E-state index in [2.05, 4.69) is 27.3 Å². The third-order valence-electron chi connectivity index (χ3n) is 4.67. The zero-order chi connectivity index (χ0) is 20.6. The SMILES string of the molecule is CC(C)Oc1ccc(NC(N)=NCC(c2ccc(Cl)cc2)N2CCOCC2)cc1. The molecule has 1 unspecified atom stereocenters. The third-order valence-corrected chi connectivity index (χ3v) is 4.93. The lowest BCUT2D eigenvalue weighted by Gasteiger charge is -2.34. The number of halogens is 1. The van der Waals surface area contributed by atoms with E-state index < -0.39 is 0 Å². The van der Waals surface area contributed by atoms with Gasteiger partial charge in [-0.2, -0.15) is 0 Å². The van der Waals surface area contributed by atoms with Crippen molar-refractivity contribution < 1.29 is 9.47 Å². The number of anilines is 1. The second kappa shape index (κ2) is 10.5. The Kier molecular flexibility index (Phi) is 7.75. The molecular weight excluding hydrogens is 388 g/mol. The number of nitrogens with zero attached hydrogens (tertiary/aromatic N) is 2. The maximum Gasteiger partial charge on any atom is 0.193 e. The normalized spacial score (nSPS) is 16.6. The molecule has 0 aromatic heterocycles. The molecule has 0 bridgehead atoms. The molecule has 0 aliphatic carbocycles. The molecule has 0 spiro atoms. The topological polar surface area (TPSA) is 72.1 Å². The zero-order valence-corrected chi connectivity index (χ0v) is 17.7. The van der Waals surface area contributed by atoms with Gasteiger partial charge in [0.1, 0.15) is 5.75 Å². The van der Waals surface area contributed by atoms with Gasteiger partial charge >= 0.3 is 0 Å². The van der Waals surface area contributed by atoms with Gasteiger partial charge in [0.2, 0.25) is 0 Å². The molecular formula is C22H29ClN4O2. The molecule has 29 heavy (non-hydrogen) atoms. The first-order valence-corrected chi connectivity index (χ1v) is 10.3. The summed E-state index contributed by atoms with van der Waals surface area (Å²) in [6.45, 7) is 7.75. The van der Waals surface area contributed by atoms with Gasteiger partial charge in [-0.3, -0.25) is 9.89 Å². The molecule has 0 saturated carbocycles. The van der Waals surface area contributed by atoms with Crippen molar-refractivity contribution in [3.8, 4) is 5.75 Å². The number of hydrogen-bond acceptors (Lipinski definition) is 4. The van der Waals surface area contributed by atoms with Gasteiger partial charge in [0.05, 0.1) is 31.9 Å². The van der Waals surface area contributed by atoms with Crippen LogP contribution in [0.25, 0.3) is 0 Å². The molecule has 3 rings (SSSR count). The number of benzene rings is 2. The summed E-state index contributed by atoms with van der Waals surface area (Å²) in [5, 5.41) is 3.88. The molecule has 1 aliphatic heterocycles. The standard InChI is InChI=1S/C22H29ClN4O2/c1-16(2)29-20-9-7-19(8-10-20)26-22(24)25-15-21(27-11-13-28-14-12-27)17-3-5-18(23)6-4-17/h3-10,16,21H,11-15H2,1-2H3,(H3,24,25,26). The minimum atomic E-state index is 0.123. The van der Waals surface area contributed by atoms with Crippen LogP contribution in [-0.2, 0) is 4.74 Å². The van der Waals surface area contributed by atoms with Crippen molar-refractivity contribution in [1.82, 2.24) is 4.90 Å². The smallest absolute Gasteiger partial charge is 0.193 e. The highest BCUT2D eigenvalue weighted by Crippen LogP contribution is 2.24. The van der Waals surface area contributed by atoms with Crippen molar-refractivity contribution in [3.63, 3.8) is 0 Å². The van der Waals surface area contributed by atoms with E-state index in [0.717, 1.165) is 42.8 Å². The third kappa shape index (κ3) is 6.63. The van der Waals surface area contributed by atoms with E-state index in [1.165, 1.54) is 5.56 Å². The average Bonchev–Trinajstić information content (AvgIpc) is 2.71. The van der Waals surface area contributed by atoms with Crippen molar-refractivity contribution in [2.75, 3.05) is 38.2 Å².